The van der Waals surface area contributed by atoms with E-state index in [1.54, 1.807) is 6.08 Å². The highest BCUT2D eigenvalue weighted by atomic mass is 14.2. The van der Waals surface area contributed by atoms with E-state index in [-0.39, 0.29) is 0 Å². The Labute approximate surface area is 134 Å². The molecule has 1 nitrogen and oxygen atoms in total. The number of nitriles is 1. The Hall–Kier alpha value is -2.59. The Morgan fingerprint density at radius 1 is 0.818 bits per heavy atom. The van der Waals surface area contributed by atoms with Crippen LogP contribution >= 0.6 is 0 Å². The Morgan fingerprint density at radius 3 is 1.86 bits per heavy atom. The Balaban J connectivity index is 0.000000224. The third-order valence-corrected chi connectivity index (χ3v) is 3.25. The van der Waals surface area contributed by atoms with Crippen molar-refractivity contribution >= 4 is 6.08 Å². The van der Waals surface area contributed by atoms with Crippen molar-refractivity contribution in [3.63, 3.8) is 0 Å². The third kappa shape index (κ3) is 6.72. The topological polar surface area (TPSA) is 23.8 Å². The molecule has 0 aromatic heterocycles. The fourth-order valence-corrected chi connectivity index (χ4v) is 2.08. The van der Waals surface area contributed by atoms with Gasteiger partial charge in [0.05, 0.1) is 6.07 Å². The van der Waals surface area contributed by atoms with E-state index >= 15 is 0 Å². The molecule has 0 aliphatic heterocycles. The second-order valence-electron chi connectivity index (χ2n) is 4.73. The average molecular weight is 289 g/mol. The Kier molecular flexibility index (Phi) is 8.82. The molecule has 0 heterocycles. The summed E-state index contributed by atoms with van der Waals surface area (Å²) in [6, 6.07) is 20.5. The van der Waals surface area contributed by atoms with E-state index in [1.807, 2.05) is 48.6 Å². The second kappa shape index (κ2) is 11.1. The molecule has 0 radical (unpaired) electrons. The number of hydrogen-bond acceptors (Lipinski definition) is 1. The molecule has 0 bridgehead atoms. The number of nitrogens with zero attached hydrogens (tertiary/aromatic N) is 1. The van der Waals surface area contributed by atoms with E-state index < -0.39 is 0 Å². The normalized spacial score (nSPS) is 10.2. The minimum Gasteiger partial charge on any atom is -0.193 e. The molecule has 0 N–H and O–H groups in total. The first kappa shape index (κ1) is 17.5. The molecule has 0 amide bonds. The monoisotopic (exact) mass is 289 g/mol. The van der Waals surface area contributed by atoms with Crippen LogP contribution in [0.5, 0.6) is 0 Å². The second-order valence-corrected chi connectivity index (χ2v) is 4.73. The molecule has 0 aliphatic carbocycles. The van der Waals surface area contributed by atoms with Gasteiger partial charge in [-0.2, -0.15) is 5.26 Å². The summed E-state index contributed by atoms with van der Waals surface area (Å²) < 4.78 is 0. The smallest absolute Gasteiger partial charge is 0.0912 e. The summed E-state index contributed by atoms with van der Waals surface area (Å²) in [5, 5.41) is 8.19. The third-order valence-electron chi connectivity index (χ3n) is 3.25. The molecule has 22 heavy (non-hydrogen) atoms. The number of allylic oxidation sites excluding steroid dienone is 3. The van der Waals surface area contributed by atoms with Crippen LogP contribution in [0.25, 0.3) is 6.08 Å². The van der Waals surface area contributed by atoms with E-state index in [1.165, 1.54) is 17.2 Å². The van der Waals surface area contributed by atoms with Gasteiger partial charge in [0.25, 0.3) is 0 Å². The van der Waals surface area contributed by atoms with Crippen molar-refractivity contribution in [2.75, 3.05) is 0 Å². The van der Waals surface area contributed by atoms with Crippen molar-refractivity contribution < 1.29 is 0 Å². The van der Waals surface area contributed by atoms with Gasteiger partial charge in [0, 0.05) is 6.08 Å². The first-order valence-corrected chi connectivity index (χ1v) is 7.66. The molecule has 1 heteroatoms. The molecule has 0 atom stereocenters. The highest BCUT2D eigenvalue weighted by molar-refractivity contribution is 5.50. The van der Waals surface area contributed by atoms with E-state index in [0.29, 0.717) is 0 Å². The molecule has 0 saturated heterocycles. The molecule has 0 spiro atoms. The lowest BCUT2D eigenvalue weighted by molar-refractivity contribution is 1.04. The van der Waals surface area contributed by atoms with Crippen LogP contribution in [-0.4, -0.2) is 0 Å². The lowest BCUT2D eigenvalue weighted by Crippen LogP contribution is -1.88. The van der Waals surface area contributed by atoms with Gasteiger partial charge < -0.3 is 0 Å². The summed E-state index contributed by atoms with van der Waals surface area (Å²) >= 11 is 0. The predicted octanol–water partition coefficient (Wildman–Crippen LogP) is 5.59. The van der Waals surface area contributed by atoms with Crippen LogP contribution in [0, 0.1) is 11.3 Å². The zero-order valence-electron chi connectivity index (χ0n) is 13.4. The van der Waals surface area contributed by atoms with Crippen LogP contribution in [0.15, 0.2) is 72.8 Å². The zero-order valence-corrected chi connectivity index (χ0v) is 13.4. The summed E-state index contributed by atoms with van der Waals surface area (Å²) in [6.07, 6.45) is 9.27. The number of rotatable bonds is 4. The van der Waals surface area contributed by atoms with Gasteiger partial charge in [-0.25, -0.2) is 0 Å². The maximum atomic E-state index is 8.19. The SMILES string of the molecule is CCc1ccccc1CC.N#CC=CC=Cc1ccccc1. The van der Waals surface area contributed by atoms with Gasteiger partial charge in [-0.05, 0) is 29.5 Å². The van der Waals surface area contributed by atoms with Crippen LogP contribution in [-0.2, 0) is 12.8 Å². The molecule has 0 saturated carbocycles. The van der Waals surface area contributed by atoms with E-state index in [2.05, 4.69) is 38.1 Å². The Bertz CT molecular complexity index is 607. The highest BCUT2D eigenvalue weighted by Crippen LogP contribution is 2.09. The first-order chi connectivity index (χ1) is 10.8. The summed E-state index contributed by atoms with van der Waals surface area (Å²) in [6.45, 7) is 4.41. The van der Waals surface area contributed by atoms with Crippen LogP contribution in [0.3, 0.4) is 0 Å². The lowest BCUT2D eigenvalue weighted by Gasteiger charge is -2.02. The summed E-state index contributed by atoms with van der Waals surface area (Å²) in [5.74, 6) is 0. The van der Waals surface area contributed by atoms with E-state index in [4.69, 9.17) is 5.26 Å². The largest absolute Gasteiger partial charge is 0.193 e. The number of hydrogen-bond donors (Lipinski definition) is 0. The van der Waals surface area contributed by atoms with Gasteiger partial charge in [0.15, 0.2) is 0 Å². The highest BCUT2D eigenvalue weighted by Gasteiger charge is 1.93. The average Bonchev–Trinajstić information content (AvgIpc) is 2.60. The van der Waals surface area contributed by atoms with Crippen molar-refractivity contribution in [2.24, 2.45) is 0 Å². The minimum atomic E-state index is 1.14. The van der Waals surface area contributed by atoms with Gasteiger partial charge in [0.2, 0.25) is 0 Å². The molecule has 0 unspecified atom stereocenters. The molecule has 2 rings (SSSR count). The van der Waals surface area contributed by atoms with Gasteiger partial charge in [-0.3, -0.25) is 0 Å². The van der Waals surface area contributed by atoms with Gasteiger partial charge in [-0.15, -0.1) is 0 Å². The van der Waals surface area contributed by atoms with Gasteiger partial charge >= 0.3 is 0 Å². The molecule has 112 valence electrons. The van der Waals surface area contributed by atoms with Gasteiger partial charge in [-0.1, -0.05) is 86.7 Å². The fraction of sp³-hybridized carbons (Fsp3) is 0.190. The van der Waals surface area contributed by atoms with Crippen LogP contribution in [0.2, 0.25) is 0 Å². The first-order valence-electron chi connectivity index (χ1n) is 7.66. The summed E-state index contributed by atoms with van der Waals surface area (Å²) in [5.41, 5.74) is 4.12. The molecular formula is C21H23N. The van der Waals surface area contributed by atoms with Crippen molar-refractivity contribution in [3.05, 3.63) is 89.5 Å². The molecule has 0 fully saturated rings. The van der Waals surface area contributed by atoms with Crippen molar-refractivity contribution in [1.82, 2.24) is 0 Å². The molecule has 2 aromatic rings. The van der Waals surface area contributed by atoms with Crippen LogP contribution in [0.1, 0.15) is 30.5 Å². The number of benzene rings is 2. The van der Waals surface area contributed by atoms with Crippen LogP contribution < -0.4 is 0 Å². The van der Waals surface area contributed by atoms with E-state index in [9.17, 15) is 0 Å². The maximum absolute atomic E-state index is 8.19. The maximum Gasteiger partial charge on any atom is 0.0912 e. The molecule has 0 aliphatic rings. The minimum absolute atomic E-state index is 1.14. The van der Waals surface area contributed by atoms with Crippen molar-refractivity contribution in [2.45, 2.75) is 26.7 Å². The molecule has 2 aromatic carbocycles. The quantitative estimate of drug-likeness (QED) is 0.531. The molecular weight excluding hydrogens is 266 g/mol. The Morgan fingerprint density at radius 2 is 1.36 bits per heavy atom. The zero-order chi connectivity index (χ0) is 16.0. The standard InChI is InChI=1S/C11H9N.C10H14/c12-10-6-2-5-9-11-7-3-1-4-8-11;1-3-9-7-5-6-8-10(9)4-2/h1-9H;5-8H,3-4H2,1-2H3. The van der Waals surface area contributed by atoms with Crippen LogP contribution in [0.4, 0.5) is 0 Å². The predicted molar refractivity (Wildman–Crippen MR) is 95.4 cm³/mol. The van der Waals surface area contributed by atoms with Gasteiger partial charge in [0.1, 0.15) is 0 Å². The fourth-order valence-electron chi connectivity index (χ4n) is 2.08. The summed E-state index contributed by atoms with van der Waals surface area (Å²) in [4.78, 5) is 0. The van der Waals surface area contributed by atoms with Crippen molar-refractivity contribution in [3.8, 4) is 6.07 Å². The van der Waals surface area contributed by atoms with Crippen molar-refractivity contribution in [1.29, 1.82) is 5.26 Å². The lowest BCUT2D eigenvalue weighted by atomic mass is 10.0. The summed E-state index contributed by atoms with van der Waals surface area (Å²) in [7, 11) is 0. The number of aryl methyl sites for hydroxylation is 2. The van der Waals surface area contributed by atoms with E-state index in [0.717, 1.165) is 18.4 Å².